The van der Waals surface area contributed by atoms with Crippen molar-refractivity contribution in [1.29, 1.82) is 0 Å². The van der Waals surface area contributed by atoms with Crippen LogP contribution in [0.1, 0.15) is 88.0 Å². The summed E-state index contributed by atoms with van der Waals surface area (Å²) in [5.74, 6) is -5.46. The Balaban J connectivity index is 2.20. The number of aliphatic hydroxyl groups excluding tert-OH is 4. The van der Waals surface area contributed by atoms with Crippen molar-refractivity contribution in [1.82, 2.24) is 4.90 Å². The second-order valence-electron chi connectivity index (χ2n) is 16.2. The van der Waals surface area contributed by atoms with Gasteiger partial charge in [-0.05, 0) is 68.0 Å². The molecule has 51 heavy (non-hydrogen) atoms. The van der Waals surface area contributed by atoms with Crippen LogP contribution in [-0.2, 0) is 38.0 Å². The number of carbonyl (C=O) groups is 2. The Morgan fingerprint density at radius 2 is 1.47 bits per heavy atom. The van der Waals surface area contributed by atoms with Crippen LogP contribution in [-0.4, -0.2) is 153 Å². The minimum absolute atomic E-state index is 0.0785. The molecule has 0 bridgehead atoms. The maximum atomic E-state index is 14.0. The molecule has 298 valence electrons. The molecule has 0 spiro atoms. The van der Waals surface area contributed by atoms with Gasteiger partial charge in [0.05, 0.1) is 35.9 Å². The van der Waals surface area contributed by atoms with Gasteiger partial charge in [-0.1, -0.05) is 27.7 Å². The van der Waals surface area contributed by atoms with Crippen LogP contribution in [0.2, 0.25) is 0 Å². The highest BCUT2D eigenvalue weighted by Crippen LogP contribution is 2.40. The number of hydrogen-bond donors (Lipinski definition) is 6. The Morgan fingerprint density at radius 1 is 0.863 bits per heavy atom. The van der Waals surface area contributed by atoms with E-state index in [0.717, 1.165) is 0 Å². The number of esters is 1. The third kappa shape index (κ3) is 9.49. The molecule has 15 nitrogen and oxygen atoms in total. The summed E-state index contributed by atoms with van der Waals surface area (Å²) in [7, 11) is 5.01. The Labute approximate surface area is 302 Å². The van der Waals surface area contributed by atoms with Gasteiger partial charge < -0.3 is 64.0 Å². The van der Waals surface area contributed by atoms with E-state index in [9.17, 15) is 40.2 Å². The lowest BCUT2D eigenvalue weighted by Gasteiger charge is -2.49. The van der Waals surface area contributed by atoms with Crippen molar-refractivity contribution in [2.24, 2.45) is 23.7 Å². The zero-order valence-electron chi connectivity index (χ0n) is 32.4. The maximum absolute atomic E-state index is 14.0. The van der Waals surface area contributed by atoms with Gasteiger partial charge in [-0.15, -0.1) is 0 Å². The van der Waals surface area contributed by atoms with Gasteiger partial charge in [0.1, 0.15) is 35.3 Å². The fourth-order valence-electron chi connectivity index (χ4n) is 8.14. The molecule has 15 heteroatoms. The molecular weight excluding hydrogens is 670 g/mol. The van der Waals surface area contributed by atoms with Crippen LogP contribution in [0, 0.1) is 23.7 Å². The smallest absolute Gasteiger partial charge is 0.311 e. The van der Waals surface area contributed by atoms with E-state index >= 15 is 0 Å². The average Bonchev–Trinajstić information content (AvgIpc) is 3.05. The molecule has 0 radical (unpaired) electrons. The number of cyclic esters (lactones) is 1. The molecule has 0 aromatic carbocycles. The Bertz CT molecular complexity index is 1170. The van der Waals surface area contributed by atoms with Crippen LogP contribution in [0.5, 0.6) is 0 Å². The first-order valence-corrected chi connectivity index (χ1v) is 18.2. The maximum Gasteiger partial charge on any atom is 0.311 e. The van der Waals surface area contributed by atoms with Crippen molar-refractivity contribution in [2.45, 2.75) is 172 Å². The van der Waals surface area contributed by atoms with Crippen molar-refractivity contribution in [3.05, 3.63) is 0 Å². The minimum atomic E-state index is -2.04. The summed E-state index contributed by atoms with van der Waals surface area (Å²) in [4.78, 5) is 29.7. The summed E-state index contributed by atoms with van der Waals surface area (Å²) in [5, 5.41) is 68.6. The molecule has 0 aliphatic carbocycles. The molecule has 3 aliphatic heterocycles. The van der Waals surface area contributed by atoms with Crippen molar-refractivity contribution in [2.75, 3.05) is 21.2 Å². The lowest BCUT2D eigenvalue weighted by molar-refractivity contribution is -0.352. The fourth-order valence-corrected chi connectivity index (χ4v) is 8.14. The number of nitrogens with zero attached hydrogens (tertiary/aromatic N) is 1. The number of methoxy groups -OCH3 is 1. The summed E-state index contributed by atoms with van der Waals surface area (Å²) in [6, 6.07) is -0.362. The number of hydrogen-bond acceptors (Lipinski definition) is 15. The minimum Gasteiger partial charge on any atom is -0.459 e. The third-order valence-electron chi connectivity index (χ3n) is 11.5. The number of ketones is 1. The SMILES string of the molecule is CC[C@H]1OC(=O)[C@H](C)[C@@H](O[C@@H]2O[C@H](O)C[C@](C)(OC)[C@@H]2O)[C@H](C)[C@@H](O[C@@H]2O[C@H](C)C[C@H](N(C)C)[C@H]2O)[C@](C)(O)C[C@@H](C)C(=O)[C@H](C)[C@H](O)[C@]1(C)O. The topological polar surface area (TPSA) is 214 Å². The molecule has 3 rings (SSSR count). The summed E-state index contributed by atoms with van der Waals surface area (Å²) < 4.78 is 36.1. The molecule has 0 unspecified atom stereocenters. The quantitative estimate of drug-likeness (QED) is 0.199. The number of ether oxygens (including phenoxy) is 6. The second kappa shape index (κ2) is 17.0. The van der Waals surface area contributed by atoms with E-state index in [1.807, 2.05) is 25.9 Å². The summed E-state index contributed by atoms with van der Waals surface area (Å²) >= 11 is 0. The first kappa shape index (κ1) is 44.1. The van der Waals surface area contributed by atoms with E-state index in [4.69, 9.17) is 28.4 Å². The fraction of sp³-hybridized carbons (Fsp3) is 0.944. The highest BCUT2D eigenvalue weighted by Gasteiger charge is 2.54. The predicted octanol–water partition coefficient (Wildman–Crippen LogP) is 0.716. The van der Waals surface area contributed by atoms with Gasteiger partial charge in [0.2, 0.25) is 0 Å². The van der Waals surface area contributed by atoms with E-state index in [1.54, 1.807) is 27.7 Å². The third-order valence-corrected chi connectivity index (χ3v) is 11.5. The molecule has 0 amide bonds. The highest BCUT2D eigenvalue weighted by molar-refractivity contribution is 5.83. The van der Waals surface area contributed by atoms with Crippen LogP contribution in [0.15, 0.2) is 0 Å². The van der Waals surface area contributed by atoms with Gasteiger partial charge in [0.25, 0.3) is 0 Å². The normalized spacial score (nSPS) is 49.7. The summed E-state index contributed by atoms with van der Waals surface area (Å²) in [6.45, 7) is 14.1. The number of likely N-dealkylation sites (N-methyl/N-ethyl adjacent to an activating group) is 1. The van der Waals surface area contributed by atoms with Gasteiger partial charge in [-0.25, -0.2) is 0 Å². The average molecular weight is 736 g/mol. The summed E-state index contributed by atoms with van der Waals surface area (Å²) in [5.41, 5.74) is -5.21. The largest absolute Gasteiger partial charge is 0.459 e. The predicted molar refractivity (Wildman–Crippen MR) is 183 cm³/mol. The first-order valence-electron chi connectivity index (χ1n) is 18.2. The van der Waals surface area contributed by atoms with E-state index in [2.05, 4.69) is 0 Å². The van der Waals surface area contributed by atoms with E-state index in [-0.39, 0.29) is 31.4 Å². The molecule has 18 atom stereocenters. The lowest BCUT2D eigenvalue weighted by Crippen LogP contribution is -2.62. The van der Waals surface area contributed by atoms with Crippen molar-refractivity contribution < 1.29 is 68.6 Å². The van der Waals surface area contributed by atoms with Gasteiger partial charge in [0, 0.05) is 37.3 Å². The number of Topliss-reactive ketones (excluding diaryl/α,β-unsaturated/α-hetero) is 1. The monoisotopic (exact) mass is 735 g/mol. The molecule has 6 N–H and O–H groups in total. The van der Waals surface area contributed by atoms with Crippen LogP contribution in [0.3, 0.4) is 0 Å². The van der Waals surface area contributed by atoms with E-state index in [0.29, 0.717) is 6.42 Å². The Morgan fingerprint density at radius 3 is 2.02 bits per heavy atom. The zero-order valence-corrected chi connectivity index (χ0v) is 32.4. The molecule has 3 fully saturated rings. The van der Waals surface area contributed by atoms with Crippen LogP contribution in [0.4, 0.5) is 0 Å². The zero-order chi connectivity index (χ0) is 39.0. The van der Waals surface area contributed by atoms with Crippen molar-refractivity contribution in [3.63, 3.8) is 0 Å². The highest BCUT2D eigenvalue weighted by atomic mass is 16.7. The first-order chi connectivity index (χ1) is 23.4. The molecule has 3 saturated heterocycles. The standard InChI is InChI=1S/C36H65NO14/c1-13-23-36(9,45)28(41)19(4)25(39)17(2)15-34(7,44)30(51-32-26(40)22(37(10)11)14-18(3)47-32)20(5)27(21(6)31(43)48-23)50-33-29(42)35(8,46-12)16-24(38)49-33/h17-24,26-30,32-33,38,40-42,44-45H,13-16H2,1-12H3/t17-,18-,19+,20+,21-,22+,23-,24+,26-,27+,28+,29-,30-,32+,33+,34-,35+,36-/m1/s1. The van der Waals surface area contributed by atoms with Crippen LogP contribution >= 0.6 is 0 Å². The number of aliphatic hydroxyl groups is 6. The number of carbonyl (C=O) groups excluding carboxylic acids is 2. The Kier molecular flexibility index (Phi) is 14.7. The number of rotatable bonds is 7. The van der Waals surface area contributed by atoms with Gasteiger partial charge >= 0.3 is 5.97 Å². The molecule has 3 heterocycles. The van der Waals surface area contributed by atoms with E-state index in [1.165, 1.54) is 34.8 Å². The molecule has 0 aromatic heterocycles. The molecular formula is C36H65NO14. The van der Waals surface area contributed by atoms with Gasteiger partial charge in [0.15, 0.2) is 18.9 Å². The second-order valence-corrected chi connectivity index (χ2v) is 16.2. The van der Waals surface area contributed by atoms with Gasteiger partial charge in [-0.2, -0.15) is 0 Å². The molecule has 0 aromatic rings. The van der Waals surface area contributed by atoms with Crippen molar-refractivity contribution in [3.8, 4) is 0 Å². The lowest BCUT2D eigenvalue weighted by atomic mass is 9.74. The van der Waals surface area contributed by atoms with Crippen LogP contribution in [0.25, 0.3) is 0 Å². The van der Waals surface area contributed by atoms with E-state index < -0.39 is 108 Å². The molecule has 0 saturated carbocycles. The van der Waals surface area contributed by atoms with Gasteiger partial charge in [-0.3, -0.25) is 9.59 Å². The summed E-state index contributed by atoms with van der Waals surface area (Å²) in [6.07, 6.45) is -12.3. The van der Waals surface area contributed by atoms with Crippen molar-refractivity contribution >= 4 is 11.8 Å². The molecule has 3 aliphatic rings. The Hall–Kier alpha value is -1.34. The van der Waals surface area contributed by atoms with Crippen LogP contribution < -0.4 is 0 Å².